The van der Waals surface area contributed by atoms with E-state index >= 15 is 0 Å². The number of nitrogens with zero attached hydrogens (tertiary/aromatic N) is 1. The molecule has 9 heteroatoms. The van der Waals surface area contributed by atoms with Gasteiger partial charge in [-0.25, -0.2) is 13.1 Å². The Bertz CT molecular complexity index is 678. The zero-order valence-corrected chi connectivity index (χ0v) is 13.1. The van der Waals surface area contributed by atoms with Gasteiger partial charge in [-0.15, -0.1) is 0 Å². The van der Waals surface area contributed by atoms with E-state index in [0.29, 0.717) is 13.0 Å². The van der Waals surface area contributed by atoms with Crippen molar-refractivity contribution >= 4 is 27.3 Å². The summed E-state index contributed by atoms with van der Waals surface area (Å²) in [7, 11) is -3.99. The number of nitro groups is 1. The van der Waals surface area contributed by atoms with Crippen LogP contribution in [0.3, 0.4) is 0 Å². The van der Waals surface area contributed by atoms with Gasteiger partial charge in [0.25, 0.3) is 5.69 Å². The van der Waals surface area contributed by atoms with Crippen molar-refractivity contribution in [1.82, 2.24) is 4.72 Å². The van der Waals surface area contributed by atoms with Crippen molar-refractivity contribution in [3.63, 3.8) is 0 Å². The largest absolute Gasteiger partial charge is 0.376 e. The van der Waals surface area contributed by atoms with Gasteiger partial charge in [-0.1, -0.05) is 11.6 Å². The summed E-state index contributed by atoms with van der Waals surface area (Å²) in [5, 5.41) is 10.7. The second-order valence-corrected chi connectivity index (χ2v) is 7.22. The minimum atomic E-state index is -3.99. The predicted molar refractivity (Wildman–Crippen MR) is 76.9 cm³/mol. The number of nitrogens with one attached hydrogen (secondary N) is 1. The van der Waals surface area contributed by atoms with Crippen LogP contribution in [-0.2, 0) is 14.8 Å². The topological polar surface area (TPSA) is 98.5 Å². The molecule has 1 aliphatic heterocycles. The third-order valence-corrected chi connectivity index (χ3v) is 5.76. The van der Waals surface area contributed by atoms with Gasteiger partial charge in [0.15, 0.2) is 0 Å². The van der Waals surface area contributed by atoms with Crippen molar-refractivity contribution < 1.29 is 18.1 Å². The number of rotatable bonds is 4. The second-order valence-electron chi connectivity index (χ2n) is 5.16. The number of non-ortho nitro benzene ring substituents is 1. The van der Waals surface area contributed by atoms with Crippen LogP contribution >= 0.6 is 11.6 Å². The van der Waals surface area contributed by atoms with Gasteiger partial charge in [0.1, 0.15) is 4.90 Å². The summed E-state index contributed by atoms with van der Waals surface area (Å²) >= 11 is 5.88. The van der Waals surface area contributed by atoms with Gasteiger partial charge < -0.3 is 4.74 Å². The van der Waals surface area contributed by atoms with Crippen molar-refractivity contribution in [2.45, 2.75) is 36.8 Å². The van der Waals surface area contributed by atoms with Gasteiger partial charge in [-0.05, 0) is 26.3 Å². The zero-order valence-electron chi connectivity index (χ0n) is 11.5. The Kier molecular flexibility index (Phi) is 4.25. The summed E-state index contributed by atoms with van der Waals surface area (Å²) in [4.78, 5) is 9.80. The molecule has 116 valence electrons. The SMILES string of the molecule is CC1OCCC1(C)NS(=O)(=O)c1cc([N+](=O)[O-])ccc1Cl. The Balaban J connectivity index is 2.40. The lowest BCUT2D eigenvalue weighted by molar-refractivity contribution is -0.385. The van der Waals surface area contributed by atoms with Gasteiger partial charge in [0, 0.05) is 18.7 Å². The van der Waals surface area contributed by atoms with E-state index in [0.717, 1.165) is 12.1 Å². The van der Waals surface area contributed by atoms with Crippen LogP contribution in [0.1, 0.15) is 20.3 Å². The summed E-state index contributed by atoms with van der Waals surface area (Å²) in [6.45, 7) is 3.95. The van der Waals surface area contributed by atoms with Crippen LogP contribution in [-0.4, -0.2) is 31.6 Å². The Hall–Kier alpha value is -1.22. The monoisotopic (exact) mass is 334 g/mol. The van der Waals surface area contributed by atoms with Crippen LogP contribution in [0.5, 0.6) is 0 Å². The van der Waals surface area contributed by atoms with Crippen LogP contribution in [0.2, 0.25) is 5.02 Å². The molecule has 2 unspecified atom stereocenters. The van der Waals surface area contributed by atoms with Gasteiger partial charge in [0.05, 0.1) is 21.6 Å². The molecule has 1 saturated heterocycles. The van der Waals surface area contributed by atoms with Crippen LogP contribution in [0, 0.1) is 10.1 Å². The molecule has 0 spiro atoms. The van der Waals surface area contributed by atoms with E-state index in [1.807, 2.05) is 0 Å². The number of benzene rings is 1. The smallest absolute Gasteiger partial charge is 0.270 e. The summed E-state index contributed by atoms with van der Waals surface area (Å²) in [6.07, 6.45) is 0.213. The molecule has 1 fully saturated rings. The summed E-state index contributed by atoms with van der Waals surface area (Å²) in [5.74, 6) is 0. The lowest BCUT2D eigenvalue weighted by Gasteiger charge is -2.28. The summed E-state index contributed by atoms with van der Waals surface area (Å²) < 4.78 is 32.8. The Morgan fingerprint density at radius 2 is 2.19 bits per heavy atom. The number of ether oxygens (including phenoxy) is 1. The fraction of sp³-hybridized carbons (Fsp3) is 0.500. The van der Waals surface area contributed by atoms with Gasteiger partial charge in [-0.3, -0.25) is 10.1 Å². The first kappa shape index (κ1) is 16.2. The quantitative estimate of drug-likeness (QED) is 0.671. The highest BCUT2D eigenvalue weighted by molar-refractivity contribution is 7.89. The van der Waals surface area contributed by atoms with E-state index in [-0.39, 0.29) is 21.7 Å². The molecule has 1 N–H and O–H groups in total. The standard InChI is InChI=1S/C12H15ClN2O5S/c1-8-12(2,5-6-20-8)14-21(18,19)11-7-9(15(16)17)3-4-10(11)13/h3-4,7-8,14H,5-6H2,1-2H3. The maximum absolute atomic E-state index is 12.5. The maximum Gasteiger partial charge on any atom is 0.270 e. The first-order valence-corrected chi connectivity index (χ1v) is 8.11. The number of nitro benzene ring substituents is 1. The average Bonchev–Trinajstić information content (AvgIpc) is 2.68. The van der Waals surface area contributed by atoms with Gasteiger partial charge in [0.2, 0.25) is 10.0 Å². The first-order chi connectivity index (χ1) is 9.66. The molecule has 1 aliphatic rings. The average molecular weight is 335 g/mol. The fourth-order valence-electron chi connectivity index (χ4n) is 2.14. The first-order valence-electron chi connectivity index (χ1n) is 6.25. The number of halogens is 1. The predicted octanol–water partition coefficient (Wildman–Crippen LogP) is 2.09. The Labute approximate surface area is 127 Å². The van der Waals surface area contributed by atoms with Crippen LogP contribution in [0.15, 0.2) is 23.1 Å². The van der Waals surface area contributed by atoms with Crippen LogP contribution < -0.4 is 4.72 Å². The molecular formula is C12H15ClN2O5S. The Morgan fingerprint density at radius 1 is 1.52 bits per heavy atom. The molecule has 2 rings (SSSR count). The third kappa shape index (κ3) is 3.18. The van der Waals surface area contributed by atoms with Crippen LogP contribution in [0.4, 0.5) is 5.69 Å². The zero-order chi connectivity index (χ0) is 15.8. The fourth-order valence-corrected chi connectivity index (χ4v) is 4.16. The summed E-state index contributed by atoms with van der Waals surface area (Å²) in [6, 6.07) is 3.31. The van der Waals surface area contributed by atoms with E-state index < -0.39 is 20.5 Å². The molecule has 1 aromatic carbocycles. The minimum absolute atomic E-state index is 0.0664. The van der Waals surface area contributed by atoms with E-state index in [9.17, 15) is 18.5 Å². The lowest BCUT2D eigenvalue weighted by Crippen LogP contribution is -2.50. The van der Waals surface area contributed by atoms with Gasteiger partial charge >= 0.3 is 0 Å². The van der Waals surface area contributed by atoms with E-state index in [2.05, 4.69) is 4.72 Å². The highest BCUT2D eigenvalue weighted by atomic mass is 35.5. The molecule has 7 nitrogen and oxygen atoms in total. The van der Waals surface area contributed by atoms with Crippen molar-refractivity contribution in [1.29, 1.82) is 0 Å². The third-order valence-electron chi connectivity index (χ3n) is 3.67. The van der Waals surface area contributed by atoms with E-state index in [4.69, 9.17) is 16.3 Å². The van der Waals surface area contributed by atoms with Crippen LogP contribution in [0.25, 0.3) is 0 Å². The molecule has 0 aliphatic carbocycles. The molecule has 1 heterocycles. The van der Waals surface area contributed by atoms with E-state index in [1.54, 1.807) is 13.8 Å². The molecule has 21 heavy (non-hydrogen) atoms. The molecule has 0 radical (unpaired) electrons. The molecule has 0 amide bonds. The van der Waals surface area contributed by atoms with E-state index in [1.165, 1.54) is 6.07 Å². The molecule has 0 bridgehead atoms. The number of hydrogen-bond donors (Lipinski definition) is 1. The Morgan fingerprint density at radius 3 is 2.71 bits per heavy atom. The molecule has 0 aromatic heterocycles. The normalized spacial score (nSPS) is 26.0. The molecule has 1 aromatic rings. The highest BCUT2D eigenvalue weighted by Gasteiger charge is 2.41. The van der Waals surface area contributed by atoms with Crippen molar-refractivity contribution in [2.75, 3.05) is 6.61 Å². The maximum atomic E-state index is 12.5. The second kappa shape index (κ2) is 5.53. The van der Waals surface area contributed by atoms with Crippen molar-refractivity contribution in [2.24, 2.45) is 0 Å². The summed E-state index contributed by atoms with van der Waals surface area (Å²) in [5.41, 5.74) is -1.10. The van der Waals surface area contributed by atoms with Gasteiger partial charge in [-0.2, -0.15) is 0 Å². The molecule has 2 atom stereocenters. The molecule has 0 saturated carbocycles. The van der Waals surface area contributed by atoms with Crippen molar-refractivity contribution in [3.05, 3.63) is 33.3 Å². The highest BCUT2D eigenvalue weighted by Crippen LogP contribution is 2.31. The number of sulfonamides is 1. The number of hydrogen-bond acceptors (Lipinski definition) is 5. The molecular weight excluding hydrogens is 320 g/mol. The van der Waals surface area contributed by atoms with Crippen molar-refractivity contribution in [3.8, 4) is 0 Å². The minimum Gasteiger partial charge on any atom is -0.376 e. The lowest BCUT2D eigenvalue weighted by atomic mass is 9.97.